The first-order chi connectivity index (χ1) is 6.10. The van der Waals surface area contributed by atoms with Crippen LogP contribution < -0.4 is 0 Å². The largest absolute Gasteiger partial charge is 0.481 e. The number of hydrogen-bond donors (Lipinski definition) is 1. The van der Waals surface area contributed by atoms with E-state index in [1.807, 2.05) is 0 Å². The summed E-state index contributed by atoms with van der Waals surface area (Å²) in [7, 11) is 1.35. The van der Waals surface area contributed by atoms with Crippen LogP contribution in [0.25, 0.3) is 0 Å². The lowest BCUT2D eigenvalue weighted by Gasteiger charge is -2.38. The number of aliphatic carboxylic acids is 1. The highest BCUT2D eigenvalue weighted by atomic mass is 16.5. The molecule has 0 spiro atoms. The number of carbonyl (C=O) groups excluding carboxylic acids is 1. The Kier molecular flexibility index (Phi) is 2.90. The van der Waals surface area contributed by atoms with Crippen LogP contribution in [-0.4, -0.2) is 24.2 Å². The quantitative estimate of drug-likeness (QED) is 0.670. The van der Waals surface area contributed by atoms with E-state index in [1.54, 1.807) is 0 Å². The average Bonchev–Trinajstić information content (AvgIpc) is 2.01. The number of methoxy groups -OCH3 is 1. The molecule has 0 saturated heterocycles. The van der Waals surface area contributed by atoms with Gasteiger partial charge in [0.05, 0.1) is 12.5 Å². The summed E-state index contributed by atoms with van der Waals surface area (Å²) in [5, 5.41) is 8.50. The minimum Gasteiger partial charge on any atom is -0.481 e. The van der Waals surface area contributed by atoms with Gasteiger partial charge in [-0.25, -0.2) is 0 Å². The fourth-order valence-electron chi connectivity index (χ4n) is 1.72. The first-order valence-corrected chi connectivity index (χ1v) is 4.41. The standard InChI is InChI=1S/C9H14O4/c1-13-8(12)9(4-2-5-9)6-3-7(10)11/h2-6H2,1H3,(H,10,11). The van der Waals surface area contributed by atoms with E-state index in [1.165, 1.54) is 7.11 Å². The molecule has 74 valence electrons. The number of ether oxygens (including phenoxy) is 1. The van der Waals surface area contributed by atoms with Gasteiger partial charge in [0.15, 0.2) is 0 Å². The van der Waals surface area contributed by atoms with Gasteiger partial charge in [0.25, 0.3) is 0 Å². The summed E-state index contributed by atoms with van der Waals surface area (Å²) in [4.78, 5) is 21.7. The second-order valence-corrected chi connectivity index (χ2v) is 3.52. The highest BCUT2D eigenvalue weighted by Gasteiger charge is 2.44. The maximum absolute atomic E-state index is 11.3. The second kappa shape index (κ2) is 3.77. The zero-order valence-corrected chi connectivity index (χ0v) is 7.71. The molecule has 0 unspecified atom stereocenters. The number of hydrogen-bond acceptors (Lipinski definition) is 3. The molecule has 13 heavy (non-hydrogen) atoms. The van der Waals surface area contributed by atoms with Gasteiger partial charge < -0.3 is 9.84 Å². The Morgan fingerprint density at radius 3 is 2.38 bits per heavy atom. The molecule has 1 aliphatic carbocycles. The van der Waals surface area contributed by atoms with Crippen molar-refractivity contribution >= 4 is 11.9 Å². The van der Waals surface area contributed by atoms with Gasteiger partial charge in [-0.05, 0) is 19.3 Å². The molecule has 4 heteroatoms. The fourth-order valence-corrected chi connectivity index (χ4v) is 1.72. The number of rotatable bonds is 4. The molecule has 0 aliphatic heterocycles. The van der Waals surface area contributed by atoms with E-state index in [-0.39, 0.29) is 12.4 Å². The van der Waals surface area contributed by atoms with Crippen LogP contribution >= 0.6 is 0 Å². The van der Waals surface area contributed by atoms with E-state index in [0.717, 1.165) is 19.3 Å². The zero-order valence-electron chi connectivity index (χ0n) is 7.71. The highest BCUT2D eigenvalue weighted by Crippen LogP contribution is 2.45. The lowest BCUT2D eigenvalue weighted by atomic mass is 9.66. The van der Waals surface area contributed by atoms with Crippen molar-refractivity contribution in [2.24, 2.45) is 5.41 Å². The smallest absolute Gasteiger partial charge is 0.311 e. The monoisotopic (exact) mass is 186 g/mol. The molecule has 0 atom stereocenters. The summed E-state index contributed by atoms with van der Waals surface area (Å²) in [5.41, 5.74) is -0.479. The van der Waals surface area contributed by atoms with Crippen LogP contribution in [0.5, 0.6) is 0 Å². The van der Waals surface area contributed by atoms with Crippen LogP contribution in [0.15, 0.2) is 0 Å². The molecule has 0 aromatic rings. The average molecular weight is 186 g/mol. The molecule has 0 amide bonds. The lowest BCUT2D eigenvalue weighted by molar-refractivity contribution is -0.159. The minimum absolute atomic E-state index is 0.0507. The van der Waals surface area contributed by atoms with Gasteiger partial charge in [-0.1, -0.05) is 6.42 Å². The summed E-state index contributed by atoms with van der Waals surface area (Å²) in [6.45, 7) is 0. The van der Waals surface area contributed by atoms with E-state index in [0.29, 0.717) is 6.42 Å². The summed E-state index contributed by atoms with van der Waals surface area (Å²) in [6.07, 6.45) is 3.00. The molecule has 1 N–H and O–H groups in total. The van der Waals surface area contributed by atoms with Crippen LogP contribution in [0.3, 0.4) is 0 Å². The Labute approximate surface area is 76.9 Å². The predicted molar refractivity (Wildman–Crippen MR) is 45.2 cm³/mol. The van der Waals surface area contributed by atoms with Crippen LogP contribution in [0.2, 0.25) is 0 Å². The molecular weight excluding hydrogens is 172 g/mol. The van der Waals surface area contributed by atoms with Gasteiger partial charge >= 0.3 is 11.9 Å². The molecule has 1 aliphatic rings. The zero-order chi connectivity index (χ0) is 9.90. The van der Waals surface area contributed by atoms with Crippen molar-refractivity contribution in [3.63, 3.8) is 0 Å². The van der Waals surface area contributed by atoms with Crippen LogP contribution in [0.1, 0.15) is 32.1 Å². The maximum Gasteiger partial charge on any atom is 0.311 e. The van der Waals surface area contributed by atoms with Crippen LogP contribution in [0.4, 0.5) is 0 Å². The Morgan fingerprint density at radius 2 is 2.08 bits per heavy atom. The molecule has 1 fully saturated rings. The number of carboxylic acid groups (broad SMARTS) is 1. The summed E-state index contributed by atoms with van der Waals surface area (Å²) in [6, 6.07) is 0. The third-order valence-corrected chi connectivity index (χ3v) is 2.75. The number of carboxylic acids is 1. The first kappa shape index (κ1) is 10.0. The van der Waals surface area contributed by atoms with Crippen LogP contribution in [-0.2, 0) is 14.3 Å². The van der Waals surface area contributed by atoms with E-state index in [4.69, 9.17) is 5.11 Å². The van der Waals surface area contributed by atoms with Gasteiger partial charge in [-0.3, -0.25) is 9.59 Å². The minimum atomic E-state index is -0.852. The maximum atomic E-state index is 11.3. The lowest BCUT2D eigenvalue weighted by Crippen LogP contribution is -2.39. The Bertz CT molecular complexity index is 218. The Hall–Kier alpha value is -1.06. The van der Waals surface area contributed by atoms with Gasteiger partial charge in [0.1, 0.15) is 0 Å². The molecule has 1 rings (SSSR count). The molecule has 0 heterocycles. The highest BCUT2D eigenvalue weighted by molar-refractivity contribution is 5.78. The SMILES string of the molecule is COC(=O)C1(CCC(=O)O)CCC1. The molecule has 4 nitrogen and oxygen atoms in total. The van der Waals surface area contributed by atoms with Crippen molar-refractivity contribution < 1.29 is 19.4 Å². The number of esters is 1. The normalized spacial score (nSPS) is 18.8. The van der Waals surface area contributed by atoms with Gasteiger partial charge in [0.2, 0.25) is 0 Å². The van der Waals surface area contributed by atoms with Crippen molar-refractivity contribution in [1.82, 2.24) is 0 Å². The topological polar surface area (TPSA) is 63.6 Å². The van der Waals surface area contributed by atoms with E-state index < -0.39 is 11.4 Å². The summed E-state index contributed by atoms with van der Waals surface area (Å²) in [5.74, 6) is -1.10. The van der Waals surface area contributed by atoms with Crippen molar-refractivity contribution in [3.05, 3.63) is 0 Å². The van der Waals surface area contributed by atoms with Crippen molar-refractivity contribution in [1.29, 1.82) is 0 Å². The summed E-state index contributed by atoms with van der Waals surface area (Å²) >= 11 is 0. The van der Waals surface area contributed by atoms with Crippen molar-refractivity contribution in [2.45, 2.75) is 32.1 Å². The molecule has 0 aromatic carbocycles. The summed E-state index contributed by atoms with van der Waals surface area (Å²) < 4.78 is 4.66. The Balaban J connectivity index is 2.49. The van der Waals surface area contributed by atoms with Crippen molar-refractivity contribution in [3.8, 4) is 0 Å². The molecule has 0 bridgehead atoms. The fraction of sp³-hybridized carbons (Fsp3) is 0.778. The molecule has 1 saturated carbocycles. The second-order valence-electron chi connectivity index (χ2n) is 3.52. The Morgan fingerprint density at radius 1 is 1.46 bits per heavy atom. The van der Waals surface area contributed by atoms with Crippen LogP contribution in [0, 0.1) is 5.41 Å². The molecule has 0 radical (unpaired) electrons. The van der Waals surface area contributed by atoms with Gasteiger partial charge in [-0.2, -0.15) is 0 Å². The predicted octanol–water partition coefficient (Wildman–Crippen LogP) is 1.19. The third-order valence-electron chi connectivity index (χ3n) is 2.75. The number of carbonyl (C=O) groups is 2. The first-order valence-electron chi connectivity index (χ1n) is 4.41. The molecule has 0 aromatic heterocycles. The van der Waals surface area contributed by atoms with E-state index in [9.17, 15) is 9.59 Å². The van der Waals surface area contributed by atoms with E-state index >= 15 is 0 Å². The molecular formula is C9H14O4. The van der Waals surface area contributed by atoms with Crippen molar-refractivity contribution in [2.75, 3.05) is 7.11 Å². The van der Waals surface area contributed by atoms with Gasteiger partial charge in [-0.15, -0.1) is 0 Å². The van der Waals surface area contributed by atoms with E-state index in [2.05, 4.69) is 4.74 Å². The van der Waals surface area contributed by atoms with Gasteiger partial charge in [0, 0.05) is 6.42 Å². The third kappa shape index (κ3) is 1.99.